The molecule has 0 saturated carbocycles. The Labute approximate surface area is 178 Å². The zero-order chi connectivity index (χ0) is 20.6. The summed E-state index contributed by atoms with van der Waals surface area (Å²) in [6.07, 6.45) is 8.51. The number of carbonyl (C=O) groups is 1. The highest BCUT2D eigenvalue weighted by atomic mass is 16.5. The van der Waals surface area contributed by atoms with Crippen LogP contribution >= 0.6 is 0 Å². The molecule has 0 N–H and O–H groups in total. The lowest BCUT2D eigenvalue weighted by molar-refractivity contribution is 0.0339. The highest BCUT2D eigenvalue weighted by Crippen LogP contribution is 2.39. The summed E-state index contributed by atoms with van der Waals surface area (Å²) in [5.74, 6) is 1.07. The minimum absolute atomic E-state index is 0.00558. The number of likely N-dealkylation sites (tertiary alicyclic amines) is 2. The van der Waals surface area contributed by atoms with E-state index in [1.54, 1.807) is 7.11 Å². The zero-order valence-corrected chi connectivity index (χ0v) is 17.9. The first-order valence-electron chi connectivity index (χ1n) is 11.4. The fourth-order valence-electron chi connectivity index (χ4n) is 5.72. The molecule has 162 valence electrons. The molecule has 4 heterocycles. The van der Waals surface area contributed by atoms with Gasteiger partial charge in [-0.1, -0.05) is 12.1 Å². The molecule has 6 nitrogen and oxygen atoms in total. The number of nitrogens with zero attached hydrogens (tertiary/aromatic N) is 2. The molecule has 0 aliphatic carbocycles. The molecular weight excluding hydrogens is 380 g/mol. The summed E-state index contributed by atoms with van der Waals surface area (Å²) in [6, 6.07) is 7.58. The number of amides is 1. The van der Waals surface area contributed by atoms with E-state index in [4.69, 9.17) is 13.9 Å². The smallest absolute Gasteiger partial charge is 0.289 e. The second-order valence-corrected chi connectivity index (χ2v) is 9.04. The van der Waals surface area contributed by atoms with Crippen LogP contribution in [-0.4, -0.2) is 67.2 Å². The number of hydrogen-bond donors (Lipinski definition) is 0. The Kier molecular flexibility index (Phi) is 5.46. The first-order chi connectivity index (χ1) is 14.7. The number of fused-ring (bicyclic) bond motifs is 1. The van der Waals surface area contributed by atoms with Crippen molar-refractivity contribution in [2.75, 3.05) is 39.9 Å². The van der Waals surface area contributed by atoms with Crippen molar-refractivity contribution in [3.8, 4) is 5.75 Å². The maximum Gasteiger partial charge on any atom is 0.289 e. The van der Waals surface area contributed by atoms with Gasteiger partial charge in [-0.25, -0.2) is 0 Å². The summed E-state index contributed by atoms with van der Waals surface area (Å²) < 4.78 is 17.2. The lowest BCUT2D eigenvalue weighted by Crippen LogP contribution is -2.47. The number of benzene rings is 1. The summed E-state index contributed by atoms with van der Waals surface area (Å²) in [5.41, 5.74) is 0.881. The van der Waals surface area contributed by atoms with E-state index in [9.17, 15) is 4.79 Å². The van der Waals surface area contributed by atoms with Crippen LogP contribution in [0.4, 0.5) is 0 Å². The summed E-state index contributed by atoms with van der Waals surface area (Å²) in [6.45, 7) is 4.71. The maximum atomic E-state index is 13.2. The quantitative estimate of drug-likeness (QED) is 0.757. The van der Waals surface area contributed by atoms with Gasteiger partial charge in [0, 0.05) is 37.2 Å². The molecule has 5 rings (SSSR count). The van der Waals surface area contributed by atoms with Gasteiger partial charge in [-0.2, -0.15) is 0 Å². The van der Waals surface area contributed by atoms with E-state index < -0.39 is 0 Å². The van der Waals surface area contributed by atoms with E-state index in [1.165, 1.54) is 25.7 Å². The van der Waals surface area contributed by atoms with Crippen molar-refractivity contribution in [3.63, 3.8) is 0 Å². The van der Waals surface area contributed by atoms with E-state index in [2.05, 4.69) is 4.90 Å². The third-order valence-corrected chi connectivity index (χ3v) is 7.33. The minimum atomic E-state index is -0.00558. The molecule has 3 aliphatic heterocycles. The molecule has 2 aromatic rings. The van der Waals surface area contributed by atoms with Gasteiger partial charge in [-0.05, 0) is 63.6 Å². The maximum absolute atomic E-state index is 13.2. The summed E-state index contributed by atoms with van der Waals surface area (Å²) in [5, 5.41) is 0.905. The second-order valence-electron chi connectivity index (χ2n) is 9.04. The molecule has 1 spiro atoms. The number of rotatable bonds is 4. The molecular formula is C24H32N2O4. The van der Waals surface area contributed by atoms with Crippen molar-refractivity contribution in [1.29, 1.82) is 0 Å². The van der Waals surface area contributed by atoms with Gasteiger partial charge < -0.3 is 18.8 Å². The number of hydrogen-bond acceptors (Lipinski definition) is 5. The Bertz CT molecular complexity index is 904. The zero-order valence-electron chi connectivity index (χ0n) is 17.9. The fraction of sp³-hybridized carbons (Fsp3) is 0.625. The van der Waals surface area contributed by atoms with E-state index in [1.807, 2.05) is 29.2 Å². The lowest BCUT2D eigenvalue weighted by atomic mass is 9.87. The SMILES string of the molecule is COc1cccc2cc(C(=O)N3CCC[C@]4(CCCN4C[C@H]4CCCO4)CC3)oc12. The average molecular weight is 413 g/mol. The summed E-state index contributed by atoms with van der Waals surface area (Å²) in [7, 11) is 1.62. The van der Waals surface area contributed by atoms with Crippen LogP contribution in [0.5, 0.6) is 5.75 Å². The Hall–Kier alpha value is -2.05. The van der Waals surface area contributed by atoms with Crippen LogP contribution < -0.4 is 4.74 Å². The van der Waals surface area contributed by atoms with Crippen molar-refractivity contribution in [3.05, 3.63) is 30.0 Å². The second kappa shape index (κ2) is 8.23. The van der Waals surface area contributed by atoms with Gasteiger partial charge >= 0.3 is 0 Å². The van der Waals surface area contributed by atoms with Gasteiger partial charge in [-0.15, -0.1) is 0 Å². The number of ether oxygens (including phenoxy) is 2. The minimum Gasteiger partial charge on any atom is -0.493 e. The molecule has 0 bridgehead atoms. The van der Waals surface area contributed by atoms with Crippen molar-refractivity contribution < 1.29 is 18.7 Å². The lowest BCUT2D eigenvalue weighted by Gasteiger charge is -2.39. The van der Waals surface area contributed by atoms with Crippen LogP contribution in [0.2, 0.25) is 0 Å². The summed E-state index contributed by atoms with van der Waals surface area (Å²) >= 11 is 0. The molecule has 3 fully saturated rings. The van der Waals surface area contributed by atoms with Crippen LogP contribution in [0.15, 0.2) is 28.7 Å². The Morgan fingerprint density at radius 1 is 1.17 bits per heavy atom. The van der Waals surface area contributed by atoms with Crippen molar-refractivity contribution in [1.82, 2.24) is 9.80 Å². The van der Waals surface area contributed by atoms with Gasteiger partial charge in [-0.3, -0.25) is 9.69 Å². The molecule has 2 atom stereocenters. The number of para-hydroxylation sites is 1. The average Bonchev–Trinajstić information content (AvgIpc) is 3.47. The first kappa shape index (κ1) is 19.9. The molecule has 1 aromatic heterocycles. The number of furan rings is 1. The number of methoxy groups -OCH3 is 1. The standard InChI is InChI=1S/C24H32N2O4/c1-28-20-8-2-6-18-16-21(30-22(18)20)23(27)25-12-4-9-24(11-14-25)10-5-13-26(24)17-19-7-3-15-29-19/h2,6,8,16,19H,3-5,7,9-15,17H2,1H3/t19-,24+/m1/s1. The summed E-state index contributed by atoms with van der Waals surface area (Å²) in [4.78, 5) is 17.9. The Balaban J connectivity index is 1.30. The third kappa shape index (κ3) is 3.60. The van der Waals surface area contributed by atoms with E-state index >= 15 is 0 Å². The van der Waals surface area contributed by atoms with Crippen LogP contribution in [0.25, 0.3) is 11.0 Å². The predicted octanol–water partition coefficient (Wildman–Crippen LogP) is 4.08. The van der Waals surface area contributed by atoms with Gasteiger partial charge in [0.25, 0.3) is 5.91 Å². The van der Waals surface area contributed by atoms with Gasteiger partial charge in [0.15, 0.2) is 17.1 Å². The molecule has 1 aromatic carbocycles. The normalized spacial score (nSPS) is 27.8. The van der Waals surface area contributed by atoms with Gasteiger partial charge in [0.1, 0.15) is 0 Å². The fourth-order valence-corrected chi connectivity index (χ4v) is 5.72. The molecule has 0 unspecified atom stereocenters. The molecule has 6 heteroatoms. The van der Waals surface area contributed by atoms with E-state index in [-0.39, 0.29) is 11.4 Å². The topological polar surface area (TPSA) is 55.2 Å². The van der Waals surface area contributed by atoms with Crippen molar-refractivity contribution >= 4 is 16.9 Å². The molecule has 3 aliphatic rings. The monoisotopic (exact) mass is 412 g/mol. The van der Waals surface area contributed by atoms with Gasteiger partial charge in [0.05, 0.1) is 13.2 Å². The molecule has 3 saturated heterocycles. The molecule has 0 radical (unpaired) electrons. The van der Waals surface area contributed by atoms with Crippen molar-refractivity contribution in [2.45, 2.75) is 56.6 Å². The molecule has 1 amide bonds. The van der Waals surface area contributed by atoms with Crippen LogP contribution in [0.1, 0.15) is 55.5 Å². The highest BCUT2D eigenvalue weighted by molar-refractivity contribution is 5.97. The van der Waals surface area contributed by atoms with E-state index in [0.717, 1.165) is 57.4 Å². The number of carbonyl (C=O) groups excluding carboxylic acids is 1. The van der Waals surface area contributed by atoms with Crippen LogP contribution in [0, 0.1) is 0 Å². The largest absolute Gasteiger partial charge is 0.493 e. The Morgan fingerprint density at radius 3 is 2.83 bits per heavy atom. The van der Waals surface area contributed by atoms with Gasteiger partial charge in [0.2, 0.25) is 0 Å². The van der Waals surface area contributed by atoms with Crippen molar-refractivity contribution in [2.24, 2.45) is 0 Å². The first-order valence-corrected chi connectivity index (χ1v) is 11.4. The molecule has 30 heavy (non-hydrogen) atoms. The van der Waals surface area contributed by atoms with Crippen LogP contribution in [-0.2, 0) is 4.74 Å². The third-order valence-electron chi connectivity index (χ3n) is 7.33. The highest BCUT2D eigenvalue weighted by Gasteiger charge is 2.43. The predicted molar refractivity (Wildman–Crippen MR) is 115 cm³/mol. The Morgan fingerprint density at radius 2 is 2.03 bits per heavy atom. The van der Waals surface area contributed by atoms with Crippen LogP contribution in [0.3, 0.4) is 0 Å². The van der Waals surface area contributed by atoms with E-state index in [0.29, 0.717) is 23.2 Å².